The summed E-state index contributed by atoms with van der Waals surface area (Å²) in [5.41, 5.74) is 0.673. The van der Waals surface area contributed by atoms with Gasteiger partial charge in [-0.05, 0) is 49.7 Å². The number of fused-ring (bicyclic) bond motifs is 2. The van der Waals surface area contributed by atoms with Crippen LogP contribution in [0.25, 0.3) is 10.2 Å². The topological polar surface area (TPSA) is 174 Å². The van der Waals surface area contributed by atoms with Gasteiger partial charge in [-0.1, -0.05) is 39.8 Å². The number of alkyl carbamates (subject to hydrolysis) is 1. The first-order chi connectivity index (χ1) is 22.0. The van der Waals surface area contributed by atoms with Crippen LogP contribution in [-0.2, 0) is 28.6 Å². The minimum Gasteiger partial charge on any atom is -0.443 e. The second-order valence-electron chi connectivity index (χ2n) is 13.0. The average Bonchev–Trinajstić information content (AvgIpc) is 3.80. The molecule has 7 atom stereocenters. The summed E-state index contributed by atoms with van der Waals surface area (Å²) in [5, 5.41) is 11.3. The molecule has 4 N–H and O–H groups in total. The average molecular weight is 658 g/mol. The van der Waals surface area contributed by atoms with E-state index >= 15 is 0 Å². The number of hydrogen-bond donors (Lipinski definition) is 4. The Kier molecular flexibility index (Phi) is 10.9. The summed E-state index contributed by atoms with van der Waals surface area (Å²) in [6, 6.07) is 4.35. The highest BCUT2D eigenvalue weighted by Crippen LogP contribution is 2.33. The van der Waals surface area contributed by atoms with Gasteiger partial charge >= 0.3 is 6.09 Å². The number of thiazole rings is 1. The van der Waals surface area contributed by atoms with Crippen LogP contribution in [0.15, 0.2) is 24.3 Å². The fraction of sp³-hybridized carbons (Fsp3) is 0.625. The van der Waals surface area contributed by atoms with E-state index in [1.165, 1.54) is 11.3 Å². The van der Waals surface area contributed by atoms with Gasteiger partial charge < -0.3 is 35.5 Å². The van der Waals surface area contributed by atoms with Crippen molar-refractivity contribution < 1.29 is 38.2 Å². The molecular weight excluding hydrogens is 614 g/mol. The third kappa shape index (κ3) is 8.02. The molecule has 0 spiro atoms. The lowest BCUT2D eigenvalue weighted by Gasteiger charge is -2.28. The monoisotopic (exact) mass is 657 g/mol. The number of carbonyl (C=O) groups is 5. The number of nitrogens with one attached hydrogen (secondary N) is 4. The molecular formula is C32H43N5O8S. The number of para-hydroxylation sites is 1. The molecule has 3 fully saturated rings. The molecule has 0 saturated carbocycles. The molecule has 4 amide bonds. The molecule has 0 aliphatic carbocycles. The van der Waals surface area contributed by atoms with Crippen molar-refractivity contribution in [2.75, 3.05) is 19.8 Å². The Labute approximate surface area is 271 Å². The number of hydrogen-bond acceptors (Lipinski definition) is 10. The van der Waals surface area contributed by atoms with E-state index in [0.29, 0.717) is 25.1 Å². The Morgan fingerprint density at radius 2 is 1.78 bits per heavy atom. The van der Waals surface area contributed by atoms with Crippen molar-refractivity contribution in [3.63, 3.8) is 0 Å². The Morgan fingerprint density at radius 3 is 2.48 bits per heavy atom. The molecule has 3 aliphatic rings. The van der Waals surface area contributed by atoms with Crippen LogP contribution in [0.5, 0.6) is 0 Å². The van der Waals surface area contributed by atoms with Gasteiger partial charge in [-0.3, -0.25) is 19.2 Å². The third-order valence-electron chi connectivity index (χ3n) is 8.63. The minimum absolute atomic E-state index is 0.00874. The summed E-state index contributed by atoms with van der Waals surface area (Å²) >= 11 is 1.23. The van der Waals surface area contributed by atoms with Crippen LogP contribution >= 0.6 is 11.3 Å². The smallest absolute Gasteiger partial charge is 0.408 e. The van der Waals surface area contributed by atoms with Crippen LogP contribution in [-0.4, -0.2) is 84.9 Å². The van der Waals surface area contributed by atoms with Gasteiger partial charge in [-0.15, -0.1) is 11.3 Å². The molecule has 1 aromatic carbocycles. The molecule has 14 heteroatoms. The summed E-state index contributed by atoms with van der Waals surface area (Å²) in [5.74, 6) is -2.48. The van der Waals surface area contributed by atoms with E-state index in [2.05, 4.69) is 26.3 Å². The molecule has 2 aromatic rings. The lowest BCUT2D eigenvalue weighted by atomic mass is 9.94. The number of carbonyl (C=O) groups excluding carboxylic acids is 5. The summed E-state index contributed by atoms with van der Waals surface area (Å²) < 4.78 is 17.5. The first-order valence-electron chi connectivity index (χ1n) is 16.0. The van der Waals surface area contributed by atoms with Crippen LogP contribution in [0.3, 0.4) is 0 Å². The van der Waals surface area contributed by atoms with Gasteiger partial charge in [-0.25, -0.2) is 9.78 Å². The Hall–Kier alpha value is -3.62. The van der Waals surface area contributed by atoms with Gasteiger partial charge in [0.05, 0.1) is 35.4 Å². The molecule has 13 nitrogen and oxygen atoms in total. The standard InChI is InChI=1S/C32H43N5O8S/c1-16(2)13-22(35-29(41)25(17(3)4)37-32(42)45-23-15-44-31-19(23)10-12-43-31)28(40)34-21(14-18-9-11-33-27(18)39)26(38)30-36-20-7-5-6-8-24(20)46-30/h5-8,16-19,21-23,25,31H,9-15H2,1-4H3,(H,33,39)(H,34,40)(H,35,41)(H,37,42)/t18?,19?,21-,22-,23?,25-,31?/m0/s1. The summed E-state index contributed by atoms with van der Waals surface area (Å²) in [4.78, 5) is 70.9. The van der Waals surface area contributed by atoms with E-state index in [9.17, 15) is 24.0 Å². The van der Waals surface area contributed by atoms with Crippen molar-refractivity contribution in [3.05, 3.63) is 29.3 Å². The van der Waals surface area contributed by atoms with E-state index in [1.807, 2.05) is 38.1 Å². The van der Waals surface area contributed by atoms with E-state index in [0.717, 1.165) is 11.1 Å². The van der Waals surface area contributed by atoms with Crippen molar-refractivity contribution in [1.82, 2.24) is 26.3 Å². The van der Waals surface area contributed by atoms with E-state index in [1.54, 1.807) is 13.8 Å². The van der Waals surface area contributed by atoms with Crippen LogP contribution in [0.1, 0.15) is 63.2 Å². The largest absolute Gasteiger partial charge is 0.443 e. The van der Waals surface area contributed by atoms with Crippen molar-refractivity contribution in [2.24, 2.45) is 23.7 Å². The first-order valence-corrected chi connectivity index (χ1v) is 16.8. The van der Waals surface area contributed by atoms with Crippen LogP contribution in [0, 0.1) is 23.7 Å². The molecule has 4 heterocycles. The lowest BCUT2D eigenvalue weighted by molar-refractivity contribution is -0.131. The van der Waals surface area contributed by atoms with Gasteiger partial charge in [0.2, 0.25) is 23.5 Å². The van der Waals surface area contributed by atoms with Gasteiger partial charge in [0.15, 0.2) is 11.3 Å². The quantitative estimate of drug-likeness (QED) is 0.236. The Morgan fingerprint density at radius 1 is 1.02 bits per heavy atom. The fourth-order valence-corrected chi connectivity index (χ4v) is 7.09. The lowest BCUT2D eigenvalue weighted by Crippen LogP contribution is -2.57. The molecule has 46 heavy (non-hydrogen) atoms. The maximum Gasteiger partial charge on any atom is 0.408 e. The third-order valence-corrected chi connectivity index (χ3v) is 9.68. The van der Waals surface area contributed by atoms with Gasteiger partial charge in [0.1, 0.15) is 18.2 Å². The zero-order valence-corrected chi connectivity index (χ0v) is 27.4. The Bertz CT molecular complexity index is 1410. The summed E-state index contributed by atoms with van der Waals surface area (Å²) in [7, 11) is 0. The highest BCUT2D eigenvalue weighted by molar-refractivity contribution is 7.20. The van der Waals surface area contributed by atoms with Crippen molar-refractivity contribution in [3.8, 4) is 0 Å². The molecule has 5 rings (SSSR count). The molecule has 4 unspecified atom stereocenters. The first kappa shape index (κ1) is 33.7. The highest BCUT2D eigenvalue weighted by atomic mass is 32.1. The SMILES string of the molecule is CC(C)C[C@H](NC(=O)[C@@H](NC(=O)OC1COC2OCCC12)C(C)C)C(=O)N[C@@H](CC1CCNC1=O)C(=O)c1nc2ccccc2s1. The normalized spacial score (nSPS) is 24.3. The summed E-state index contributed by atoms with van der Waals surface area (Å²) in [6.45, 7) is 8.64. The van der Waals surface area contributed by atoms with E-state index in [4.69, 9.17) is 14.2 Å². The number of rotatable bonds is 13. The van der Waals surface area contributed by atoms with E-state index in [-0.39, 0.29) is 60.2 Å². The van der Waals surface area contributed by atoms with E-state index < -0.39 is 48.1 Å². The number of Topliss-reactive ketones (excluding diaryl/α,β-unsaturated/α-hetero) is 1. The second kappa shape index (κ2) is 14.9. The molecule has 3 aliphatic heterocycles. The minimum atomic E-state index is -1.03. The van der Waals surface area contributed by atoms with Crippen molar-refractivity contribution >= 4 is 51.2 Å². The molecule has 250 valence electrons. The second-order valence-corrected chi connectivity index (χ2v) is 14.0. The van der Waals surface area contributed by atoms with Crippen LogP contribution in [0.2, 0.25) is 0 Å². The van der Waals surface area contributed by atoms with Gasteiger partial charge in [0, 0.05) is 12.5 Å². The maximum atomic E-state index is 13.8. The molecule has 3 saturated heterocycles. The van der Waals surface area contributed by atoms with Crippen LogP contribution in [0.4, 0.5) is 4.79 Å². The number of amides is 4. The van der Waals surface area contributed by atoms with Gasteiger partial charge in [0.25, 0.3) is 0 Å². The predicted molar refractivity (Wildman–Crippen MR) is 169 cm³/mol. The fourth-order valence-electron chi connectivity index (χ4n) is 6.13. The highest BCUT2D eigenvalue weighted by Gasteiger charge is 2.44. The number of aromatic nitrogens is 1. The molecule has 0 radical (unpaired) electrons. The van der Waals surface area contributed by atoms with Gasteiger partial charge in [-0.2, -0.15) is 0 Å². The zero-order chi connectivity index (χ0) is 33.0. The Balaban J connectivity index is 1.28. The number of nitrogens with zero attached hydrogens (tertiary/aromatic N) is 1. The van der Waals surface area contributed by atoms with Crippen LogP contribution < -0.4 is 21.3 Å². The number of ether oxygens (including phenoxy) is 3. The maximum absolute atomic E-state index is 13.8. The predicted octanol–water partition coefficient (Wildman–Crippen LogP) is 2.53. The molecule has 1 aromatic heterocycles. The number of benzene rings is 1. The zero-order valence-electron chi connectivity index (χ0n) is 26.6. The van der Waals surface area contributed by atoms with Crippen molar-refractivity contribution in [2.45, 2.75) is 83.9 Å². The summed E-state index contributed by atoms with van der Waals surface area (Å²) in [6.07, 6.45) is 0.0346. The molecule has 0 bridgehead atoms. The van der Waals surface area contributed by atoms with Crippen molar-refractivity contribution in [1.29, 1.82) is 0 Å². The number of ketones is 1.